The van der Waals surface area contributed by atoms with Crippen LogP contribution in [0.1, 0.15) is 29.3 Å². The molecule has 6 heteroatoms. The van der Waals surface area contributed by atoms with E-state index in [2.05, 4.69) is 49.3 Å². The summed E-state index contributed by atoms with van der Waals surface area (Å²) in [6.07, 6.45) is 3.22. The third-order valence-corrected chi connectivity index (χ3v) is 6.70. The number of aryl methyl sites for hydroxylation is 1. The van der Waals surface area contributed by atoms with Crippen LogP contribution in [-0.2, 0) is 12.3 Å². The molecule has 0 N–H and O–H groups in total. The third-order valence-electron chi connectivity index (χ3n) is 4.76. The highest BCUT2D eigenvalue weighted by molar-refractivity contribution is 7.97. The molecule has 1 aromatic heterocycles. The topological polar surface area (TPSA) is 25.4 Å². The van der Waals surface area contributed by atoms with Crippen molar-refractivity contribution in [1.29, 1.82) is 0 Å². The summed E-state index contributed by atoms with van der Waals surface area (Å²) < 4.78 is 5.28. The zero-order valence-electron chi connectivity index (χ0n) is 17.4. The predicted molar refractivity (Wildman–Crippen MR) is 129 cm³/mol. The van der Waals surface area contributed by atoms with Gasteiger partial charge >= 0.3 is 0 Å². The van der Waals surface area contributed by atoms with Crippen LogP contribution in [0.15, 0.2) is 42.5 Å². The maximum absolute atomic E-state index is 6.52. The fourth-order valence-electron chi connectivity index (χ4n) is 3.31. The molecule has 3 aromatic rings. The highest BCUT2D eigenvalue weighted by atomic mass is 35.5. The van der Waals surface area contributed by atoms with Gasteiger partial charge in [0, 0.05) is 29.3 Å². The van der Waals surface area contributed by atoms with Gasteiger partial charge in [-0.05, 0) is 48.9 Å². The Hall–Kier alpha value is -1.69. The van der Waals surface area contributed by atoms with Crippen LogP contribution in [0.25, 0.3) is 11.3 Å². The molecular weight excluding hydrogens is 420 g/mol. The van der Waals surface area contributed by atoms with Crippen molar-refractivity contribution in [3.05, 3.63) is 63.5 Å². The molecule has 154 valence electrons. The van der Waals surface area contributed by atoms with E-state index >= 15 is 0 Å². The zero-order chi connectivity index (χ0) is 20.8. The van der Waals surface area contributed by atoms with Gasteiger partial charge in [-0.2, -0.15) is 11.8 Å². The van der Waals surface area contributed by atoms with Gasteiger partial charge in [0.15, 0.2) is 5.13 Å². The molecule has 2 aromatic carbocycles. The summed E-state index contributed by atoms with van der Waals surface area (Å²) in [5, 5.41) is 1.71. The molecule has 0 fully saturated rings. The average molecular weight is 447 g/mol. The summed E-state index contributed by atoms with van der Waals surface area (Å²) >= 11 is 10.1. The monoisotopic (exact) mass is 446 g/mol. The minimum absolute atomic E-state index is 0.664. The van der Waals surface area contributed by atoms with E-state index in [9.17, 15) is 0 Å². The van der Waals surface area contributed by atoms with Gasteiger partial charge in [0.2, 0.25) is 0 Å². The van der Waals surface area contributed by atoms with E-state index in [0.29, 0.717) is 5.02 Å². The largest absolute Gasteiger partial charge is 0.497 e. The SMILES string of the molecule is CCCN(Cc1ccccc1CSC)c1nc(-c2ccc(OC)cc2Cl)c(C)s1. The van der Waals surface area contributed by atoms with Crippen LogP contribution in [0.4, 0.5) is 5.13 Å². The van der Waals surface area contributed by atoms with Crippen molar-refractivity contribution in [3.63, 3.8) is 0 Å². The number of thiazole rings is 1. The van der Waals surface area contributed by atoms with Crippen LogP contribution in [0.5, 0.6) is 5.75 Å². The Morgan fingerprint density at radius 3 is 2.59 bits per heavy atom. The van der Waals surface area contributed by atoms with Crippen molar-refractivity contribution < 1.29 is 4.74 Å². The van der Waals surface area contributed by atoms with Gasteiger partial charge in [0.1, 0.15) is 5.75 Å². The van der Waals surface area contributed by atoms with Gasteiger partial charge in [-0.15, -0.1) is 11.3 Å². The van der Waals surface area contributed by atoms with Crippen molar-refractivity contribution in [2.75, 3.05) is 24.8 Å². The number of rotatable bonds is 9. The Bertz CT molecular complexity index is 958. The van der Waals surface area contributed by atoms with Crippen molar-refractivity contribution in [2.45, 2.75) is 32.6 Å². The van der Waals surface area contributed by atoms with Crippen molar-refractivity contribution in [3.8, 4) is 17.0 Å². The van der Waals surface area contributed by atoms with Gasteiger partial charge in [-0.25, -0.2) is 4.98 Å². The number of methoxy groups -OCH3 is 1. The fourth-order valence-corrected chi connectivity index (χ4v) is 5.11. The predicted octanol–water partition coefficient (Wildman–Crippen LogP) is 7.06. The lowest BCUT2D eigenvalue weighted by molar-refractivity contribution is 0.415. The molecule has 0 aliphatic carbocycles. The first-order valence-corrected chi connectivity index (χ1v) is 12.3. The minimum atomic E-state index is 0.664. The molecule has 0 radical (unpaired) electrons. The molecule has 29 heavy (non-hydrogen) atoms. The maximum Gasteiger partial charge on any atom is 0.186 e. The lowest BCUT2D eigenvalue weighted by atomic mass is 10.1. The number of benzene rings is 2. The number of nitrogens with zero attached hydrogens (tertiary/aromatic N) is 2. The minimum Gasteiger partial charge on any atom is -0.497 e. The molecular formula is C23H27ClN2OS2. The molecule has 0 saturated heterocycles. The summed E-state index contributed by atoms with van der Waals surface area (Å²) in [5.74, 6) is 1.78. The summed E-state index contributed by atoms with van der Waals surface area (Å²) in [6.45, 7) is 6.16. The number of hydrogen-bond donors (Lipinski definition) is 0. The number of halogens is 1. The Labute approximate surface area is 187 Å². The standard InChI is InChI=1S/C23H27ClN2OS2/c1-5-12-26(14-17-8-6-7-9-18(17)15-28-4)23-25-22(16(2)29-23)20-11-10-19(27-3)13-21(20)24/h6-11,13H,5,12,14-15H2,1-4H3. The van der Waals surface area contributed by atoms with E-state index in [1.165, 1.54) is 16.0 Å². The third kappa shape index (κ3) is 5.27. The van der Waals surface area contributed by atoms with E-state index in [-0.39, 0.29) is 0 Å². The Morgan fingerprint density at radius 1 is 1.17 bits per heavy atom. The summed E-state index contributed by atoms with van der Waals surface area (Å²) in [4.78, 5) is 8.56. The normalized spacial score (nSPS) is 10.9. The Kier molecular flexibility index (Phi) is 7.87. The average Bonchev–Trinajstić information content (AvgIpc) is 3.10. The van der Waals surface area contributed by atoms with Crippen molar-refractivity contribution in [1.82, 2.24) is 4.98 Å². The smallest absolute Gasteiger partial charge is 0.186 e. The lowest BCUT2D eigenvalue weighted by Crippen LogP contribution is -2.24. The first-order chi connectivity index (χ1) is 14.1. The molecule has 3 rings (SSSR count). The highest BCUT2D eigenvalue weighted by Gasteiger charge is 2.18. The van der Waals surface area contributed by atoms with Crippen LogP contribution >= 0.6 is 34.7 Å². The highest BCUT2D eigenvalue weighted by Crippen LogP contribution is 2.38. The molecule has 3 nitrogen and oxygen atoms in total. The number of thioether (sulfide) groups is 1. The van der Waals surface area contributed by atoms with E-state index in [1.54, 1.807) is 18.4 Å². The van der Waals surface area contributed by atoms with Gasteiger partial charge in [0.05, 0.1) is 17.8 Å². The van der Waals surface area contributed by atoms with Gasteiger partial charge in [0.25, 0.3) is 0 Å². The van der Waals surface area contributed by atoms with E-state index < -0.39 is 0 Å². The number of ether oxygens (including phenoxy) is 1. The second-order valence-corrected chi connectivity index (χ2v) is 9.33. The number of aromatic nitrogens is 1. The van der Waals surface area contributed by atoms with Crippen molar-refractivity contribution in [2.24, 2.45) is 0 Å². The van der Waals surface area contributed by atoms with Crippen molar-refractivity contribution >= 4 is 39.8 Å². The Morgan fingerprint density at radius 2 is 1.93 bits per heavy atom. The molecule has 1 heterocycles. The molecule has 0 unspecified atom stereocenters. The molecule has 0 saturated carbocycles. The number of anilines is 1. The van der Waals surface area contributed by atoms with Gasteiger partial charge < -0.3 is 9.64 Å². The first-order valence-electron chi connectivity index (χ1n) is 9.69. The second kappa shape index (κ2) is 10.4. The molecule has 0 bridgehead atoms. The van der Waals surface area contributed by atoms with Crippen LogP contribution in [-0.4, -0.2) is 24.9 Å². The van der Waals surface area contributed by atoms with Crippen LogP contribution < -0.4 is 9.64 Å². The van der Waals surface area contributed by atoms with Crippen LogP contribution in [0, 0.1) is 6.92 Å². The summed E-state index contributed by atoms with van der Waals surface area (Å²) in [7, 11) is 1.65. The molecule has 0 atom stereocenters. The van der Waals surface area contributed by atoms with Crippen LogP contribution in [0.2, 0.25) is 5.02 Å². The maximum atomic E-state index is 6.52. The molecule has 0 spiro atoms. The molecule has 0 aliphatic rings. The van der Waals surface area contributed by atoms with E-state index in [4.69, 9.17) is 21.3 Å². The first kappa shape index (κ1) is 22.0. The Balaban J connectivity index is 1.93. The lowest BCUT2D eigenvalue weighted by Gasteiger charge is -2.22. The van der Waals surface area contributed by atoms with E-state index in [1.807, 2.05) is 30.0 Å². The molecule has 0 amide bonds. The number of hydrogen-bond acceptors (Lipinski definition) is 5. The van der Waals surface area contributed by atoms with Gasteiger partial charge in [-0.3, -0.25) is 0 Å². The second-order valence-electron chi connectivity index (χ2n) is 6.87. The molecule has 0 aliphatic heterocycles. The van der Waals surface area contributed by atoms with Crippen LogP contribution in [0.3, 0.4) is 0 Å². The van der Waals surface area contributed by atoms with Gasteiger partial charge in [-0.1, -0.05) is 42.8 Å². The summed E-state index contributed by atoms with van der Waals surface area (Å²) in [5.41, 5.74) is 4.67. The van der Waals surface area contributed by atoms with E-state index in [0.717, 1.165) is 47.4 Å². The summed E-state index contributed by atoms with van der Waals surface area (Å²) in [6, 6.07) is 14.5. The zero-order valence-corrected chi connectivity index (χ0v) is 19.8. The quantitative estimate of drug-likeness (QED) is 0.351. The fraction of sp³-hybridized carbons (Fsp3) is 0.348.